The van der Waals surface area contributed by atoms with E-state index in [4.69, 9.17) is 22.1 Å². The van der Waals surface area contributed by atoms with Crippen LogP contribution >= 0.6 is 11.6 Å². The van der Waals surface area contributed by atoms with Crippen LogP contribution in [0.25, 0.3) is 0 Å². The second-order valence-electron chi connectivity index (χ2n) is 5.70. The van der Waals surface area contributed by atoms with E-state index in [0.717, 1.165) is 13.0 Å². The van der Waals surface area contributed by atoms with Crippen LogP contribution in [-0.4, -0.2) is 43.2 Å². The Kier molecular flexibility index (Phi) is 6.85. The summed E-state index contributed by atoms with van der Waals surface area (Å²) in [5.41, 5.74) is 6.58. The van der Waals surface area contributed by atoms with Crippen LogP contribution < -0.4 is 21.1 Å². The largest absolute Gasteiger partial charge is 0.491 e. The summed E-state index contributed by atoms with van der Waals surface area (Å²) in [7, 11) is 4.01. The van der Waals surface area contributed by atoms with E-state index in [9.17, 15) is 4.79 Å². The summed E-state index contributed by atoms with van der Waals surface area (Å²) < 4.78 is 5.75. The molecule has 0 bridgehead atoms. The molecule has 0 saturated heterocycles. The van der Waals surface area contributed by atoms with Crippen molar-refractivity contribution in [2.45, 2.75) is 6.42 Å². The van der Waals surface area contributed by atoms with Gasteiger partial charge in [0.05, 0.1) is 24.2 Å². The summed E-state index contributed by atoms with van der Waals surface area (Å²) >= 11 is 6.02. The first-order valence-corrected chi connectivity index (χ1v) is 8.18. The highest BCUT2D eigenvalue weighted by Crippen LogP contribution is 2.28. The van der Waals surface area contributed by atoms with E-state index >= 15 is 0 Å². The van der Waals surface area contributed by atoms with Gasteiger partial charge in [0, 0.05) is 11.6 Å². The number of urea groups is 1. The number of anilines is 3. The lowest BCUT2D eigenvalue weighted by Crippen LogP contribution is -2.21. The lowest BCUT2D eigenvalue weighted by molar-refractivity contribution is 0.261. The van der Waals surface area contributed by atoms with Crippen LogP contribution in [0.4, 0.5) is 22.0 Å². The Balaban J connectivity index is 1.98. The lowest BCUT2D eigenvalue weighted by Gasteiger charge is -2.14. The number of rotatable bonds is 7. The van der Waals surface area contributed by atoms with Crippen molar-refractivity contribution in [1.82, 2.24) is 9.88 Å². The monoisotopic (exact) mass is 363 g/mol. The molecule has 2 aromatic rings. The number of benzene rings is 1. The number of nitrogens with two attached hydrogens (primary N) is 1. The van der Waals surface area contributed by atoms with Crippen molar-refractivity contribution in [3.8, 4) is 5.75 Å². The van der Waals surface area contributed by atoms with Crippen molar-refractivity contribution in [3.05, 3.63) is 41.6 Å². The van der Waals surface area contributed by atoms with Crippen LogP contribution in [0.2, 0.25) is 5.02 Å². The number of amides is 2. The number of carbonyl (C=O) groups is 1. The number of nitrogen functional groups attached to an aromatic ring is 1. The summed E-state index contributed by atoms with van der Waals surface area (Å²) in [5, 5.41) is 5.85. The smallest absolute Gasteiger partial charge is 0.324 e. The number of hydrogen-bond donors (Lipinski definition) is 3. The topological polar surface area (TPSA) is 92.5 Å². The van der Waals surface area contributed by atoms with Gasteiger partial charge in [0.2, 0.25) is 0 Å². The number of nitrogens with zero attached hydrogens (tertiary/aromatic N) is 2. The molecular formula is C17H22ClN5O2. The average molecular weight is 364 g/mol. The van der Waals surface area contributed by atoms with E-state index in [1.165, 1.54) is 6.20 Å². The Morgan fingerprint density at radius 1 is 1.28 bits per heavy atom. The number of hydrogen-bond acceptors (Lipinski definition) is 5. The fourth-order valence-electron chi connectivity index (χ4n) is 2.04. The highest BCUT2D eigenvalue weighted by atomic mass is 35.5. The van der Waals surface area contributed by atoms with Gasteiger partial charge in [-0.2, -0.15) is 0 Å². The fraction of sp³-hybridized carbons (Fsp3) is 0.294. The molecule has 134 valence electrons. The molecule has 0 unspecified atom stereocenters. The molecule has 0 atom stereocenters. The standard InChI is InChI=1S/C17H22ClN5O2/c1-23(2)8-3-9-25-15-6-4-12(18)10-14(15)21-17(24)22-16-7-5-13(19)11-20-16/h4-7,10-11H,3,8-9,19H2,1-2H3,(H2,20,21,22,24). The minimum atomic E-state index is -0.447. The zero-order valence-electron chi connectivity index (χ0n) is 14.3. The van der Waals surface area contributed by atoms with Gasteiger partial charge < -0.3 is 20.7 Å². The quantitative estimate of drug-likeness (QED) is 0.656. The Morgan fingerprint density at radius 3 is 2.76 bits per heavy atom. The first-order chi connectivity index (χ1) is 11.9. The van der Waals surface area contributed by atoms with Gasteiger partial charge in [0.1, 0.15) is 11.6 Å². The highest BCUT2D eigenvalue weighted by molar-refractivity contribution is 6.31. The Hall–Kier alpha value is -2.51. The van der Waals surface area contributed by atoms with Crippen LogP contribution in [0.15, 0.2) is 36.5 Å². The molecule has 1 aromatic carbocycles. The van der Waals surface area contributed by atoms with Gasteiger partial charge in [0.25, 0.3) is 0 Å². The molecule has 0 aliphatic rings. The molecule has 7 nitrogen and oxygen atoms in total. The number of pyridine rings is 1. The molecule has 4 N–H and O–H groups in total. The van der Waals surface area contributed by atoms with Gasteiger partial charge in [-0.15, -0.1) is 0 Å². The van der Waals surface area contributed by atoms with Crippen LogP contribution in [0.5, 0.6) is 5.75 Å². The summed E-state index contributed by atoms with van der Waals surface area (Å²) in [6.45, 7) is 1.45. The summed E-state index contributed by atoms with van der Waals surface area (Å²) in [5.74, 6) is 0.950. The minimum absolute atomic E-state index is 0.391. The molecule has 8 heteroatoms. The zero-order valence-corrected chi connectivity index (χ0v) is 15.0. The third-order valence-electron chi connectivity index (χ3n) is 3.23. The van der Waals surface area contributed by atoms with Gasteiger partial charge in [-0.3, -0.25) is 5.32 Å². The van der Waals surface area contributed by atoms with Gasteiger partial charge >= 0.3 is 6.03 Å². The van der Waals surface area contributed by atoms with E-state index < -0.39 is 6.03 Å². The lowest BCUT2D eigenvalue weighted by atomic mass is 10.3. The summed E-state index contributed by atoms with van der Waals surface area (Å²) in [6, 6.07) is 7.91. The number of aromatic nitrogens is 1. The first kappa shape index (κ1) is 18.8. The molecule has 0 radical (unpaired) electrons. The molecule has 0 spiro atoms. The van der Waals surface area contributed by atoms with Gasteiger partial charge in [-0.25, -0.2) is 9.78 Å². The maximum atomic E-state index is 12.2. The van der Waals surface area contributed by atoms with E-state index in [1.54, 1.807) is 30.3 Å². The number of nitrogens with one attached hydrogen (secondary N) is 2. The van der Waals surface area contributed by atoms with E-state index in [-0.39, 0.29) is 0 Å². The van der Waals surface area contributed by atoms with Crippen molar-refractivity contribution in [2.24, 2.45) is 0 Å². The van der Waals surface area contributed by atoms with Crippen LogP contribution in [0.3, 0.4) is 0 Å². The summed E-state index contributed by atoms with van der Waals surface area (Å²) in [4.78, 5) is 18.2. The van der Waals surface area contributed by atoms with Crippen molar-refractivity contribution < 1.29 is 9.53 Å². The number of ether oxygens (including phenoxy) is 1. The van der Waals surface area contributed by atoms with Gasteiger partial charge in [0.15, 0.2) is 0 Å². The SMILES string of the molecule is CN(C)CCCOc1ccc(Cl)cc1NC(=O)Nc1ccc(N)cn1. The Morgan fingerprint density at radius 2 is 2.08 bits per heavy atom. The molecule has 1 heterocycles. The van der Waals surface area contributed by atoms with Crippen LogP contribution in [0, 0.1) is 0 Å². The zero-order chi connectivity index (χ0) is 18.2. The minimum Gasteiger partial charge on any atom is -0.491 e. The maximum Gasteiger partial charge on any atom is 0.324 e. The molecule has 0 fully saturated rings. The van der Waals surface area contributed by atoms with Crippen molar-refractivity contribution >= 4 is 34.8 Å². The molecule has 1 aromatic heterocycles. The van der Waals surface area contributed by atoms with Crippen molar-refractivity contribution in [1.29, 1.82) is 0 Å². The maximum absolute atomic E-state index is 12.2. The predicted octanol–water partition coefficient (Wildman–Crippen LogP) is 3.29. The van der Waals surface area contributed by atoms with Crippen LogP contribution in [-0.2, 0) is 0 Å². The Bertz CT molecular complexity index is 707. The number of halogens is 1. The van der Waals surface area contributed by atoms with E-state index in [0.29, 0.717) is 34.6 Å². The first-order valence-electron chi connectivity index (χ1n) is 7.80. The average Bonchev–Trinajstić information content (AvgIpc) is 2.55. The van der Waals surface area contributed by atoms with Gasteiger partial charge in [-0.05, 0) is 50.8 Å². The third-order valence-corrected chi connectivity index (χ3v) is 3.46. The molecule has 2 amide bonds. The third kappa shape index (κ3) is 6.48. The highest BCUT2D eigenvalue weighted by Gasteiger charge is 2.10. The predicted molar refractivity (Wildman–Crippen MR) is 101 cm³/mol. The second-order valence-corrected chi connectivity index (χ2v) is 6.14. The summed E-state index contributed by atoms with van der Waals surface area (Å²) in [6.07, 6.45) is 2.34. The van der Waals surface area contributed by atoms with Crippen molar-refractivity contribution in [3.63, 3.8) is 0 Å². The fourth-order valence-corrected chi connectivity index (χ4v) is 2.21. The second kappa shape index (κ2) is 9.10. The van der Waals surface area contributed by atoms with Gasteiger partial charge in [-0.1, -0.05) is 11.6 Å². The van der Waals surface area contributed by atoms with Crippen molar-refractivity contribution in [2.75, 3.05) is 43.6 Å². The molecular weight excluding hydrogens is 342 g/mol. The Labute approximate surface area is 152 Å². The van der Waals surface area contributed by atoms with Crippen LogP contribution in [0.1, 0.15) is 6.42 Å². The van der Waals surface area contributed by atoms with E-state index in [1.807, 2.05) is 14.1 Å². The molecule has 25 heavy (non-hydrogen) atoms. The van der Waals surface area contributed by atoms with E-state index in [2.05, 4.69) is 20.5 Å². The molecule has 0 aliphatic heterocycles. The normalized spacial score (nSPS) is 10.6. The molecule has 2 rings (SSSR count). The molecule has 0 saturated carbocycles. The number of carbonyl (C=O) groups excluding carboxylic acids is 1. The molecule has 0 aliphatic carbocycles.